The van der Waals surface area contributed by atoms with Crippen molar-refractivity contribution in [1.29, 1.82) is 0 Å². The van der Waals surface area contributed by atoms with Gasteiger partial charge in [0.1, 0.15) is 18.1 Å². The third kappa shape index (κ3) is 13.2. The minimum absolute atomic E-state index is 0.0377. The molecule has 0 heterocycles. The molecule has 13 nitrogen and oxygen atoms in total. The summed E-state index contributed by atoms with van der Waals surface area (Å²) in [7, 11) is 0. The smallest absolute Gasteiger partial charge is 0.326 e. The molecule has 5 atom stereocenters. The van der Waals surface area contributed by atoms with E-state index in [2.05, 4.69) is 33.6 Å². The van der Waals surface area contributed by atoms with Crippen molar-refractivity contribution < 1.29 is 24.3 Å². The van der Waals surface area contributed by atoms with Crippen molar-refractivity contribution in [3.63, 3.8) is 0 Å². The van der Waals surface area contributed by atoms with E-state index >= 15 is 0 Å². The Hall–Kier alpha value is -2.58. The average molecular weight is 519 g/mol. The lowest BCUT2D eigenvalue weighted by Crippen LogP contribution is -2.58. The molecule has 3 amide bonds. The number of nitrogens with zero attached hydrogens (tertiary/aromatic N) is 1. The van der Waals surface area contributed by atoms with E-state index in [0.717, 1.165) is 0 Å². The average Bonchev–Trinajstić information content (AvgIpc) is 2.81. The molecule has 0 aromatic heterocycles. The van der Waals surface area contributed by atoms with Gasteiger partial charge in [-0.05, 0) is 44.6 Å². The fourth-order valence-electron chi connectivity index (χ4n) is 3.04. The zero-order valence-corrected chi connectivity index (χ0v) is 21.4. The third-order valence-electron chi connectivity index (χ3n) is 5.52. The van der Waals surface area contributed by atoms with E-state index < -0.39 is 47.9 Å². The number of aliphatic carboxylic acids is 1. The molecule has 202 valence electrons. The molecule has 0 aliphatic carbocycles. The van der Waals surface area contributed by atoms with Crippen molar-refractivity contribution in [3.8, 4) is 0 Å². The van der Waals surface area contributed by atoms with Crippen molar-refractivity contribution in [2.24, 2.45) is 33.8 Å². The number of nitrogens with two attached hydrogens (primary N) is 4. The normalized spacial score (nSPS) is 15.1. The highest BCUT2D eigenvalue weighted by Gasteiger charge is 2.30. The third-order valence-corrected chi connectivity index (χ3v) is 5.88. The molecule has 0 saturated heterocycles. The first-order valence-corrected chi connectivity index (χ1v) is 12.4. The number of unbranched alkanes of at least 4 members (excludes halogenated alkanes) is 1. The van der Waals surface area contributed by atoms with Gasteiger partial charge in [0.15, 0.2) is 5.96 Å². The van der Waals surface area contributed by atoms with Gasteiger partial charge in [-0.25, -0.2) is 4.79 Å². The molecule has 12 N–H and O–H groups in total. The molecule has 0 aromatic rings. The van der Waals surface area contributed by atoms with E-state index in [0.29, 0.717) is 32.2 Å². The second kappa shape index (κ2) is 17.8. The van der Waals surface area contributed by atoms with E-state index in [4.69, 9.17) is 22.9 Å². The standard InChI is InChI=1S/C21H42N8O5S/c1-3-12(2)16(23)19(32)29-15(11-35)18(31)27-13(8-6-10-26-21(24)25)17(30)28-14(20(33)34)7-4-5-9-22/h12-16,35H,3-11,22-23H2,1-2H3,(H,27,31)(H,28,30)(H,29,32)(H,33,34)(H4,24,25,26). The molecule has 35 heavy (non-hydrogen) atoms. The first kappa shape index (κ1) is 32.4. The maximum Gasteiger partial charge on any atom is 0.326 e. The van der Waals surface area contributed by atoms with Gasteiger partial charge in [0, 0.05) is 12.3 Å². The SMILES string of the molecule is CCC(C)C(N)C(=O)NC(CS)C(=O)NC(CCCN=C(N)N)C(=O)NC(CCCCN)C(=O)O. The highest BCUT2D eigenvalue weighted by molar-refractivity contribution is 7.80. The highest BCUT2D eigenvalue weighted by atomic mass is 32.1. The quantitative estimate of drug-likeness (QED) is 0.0421. The molecule has 0 rings (SSSR count). The summed E-state index contributed by atoms with van der Waals surface area (Å²) in [6.07, 6.45) is 2.46. The summed E-state index contributed by atoms with van der Waals surface area (Å²) in [5.74, 6) is -3.28. The number of hydrogen-bond acceptors (Lipinski definition) is 8. The Bertz CT molecular complexity index is 720. The predicted molar refractivity (Wildman–Crippen MR) is 138 cm³/mol. The molecule has 0 aliphatic heterocycles. The Morgan fingerprint density at radius 2 is 1.46 bits per heavy atom. The van der Waals surface area contributed by atoms with Crippen LogP contribution >= 0.6 is 12.6 Å². The van der Waals surface area contributed by atoms with Gasteiger partial charge < -0.3 is 44.0 Å². The number of thiol groups is 1. The Balaban J connectivity index is 5.41. The number of nitrogens with one attached hydrogen (secondary N) is 3. The van der Waals surface area contributed by atoms with Crippen LogP contribution < -0.4 is 38.9 Å². The van der Waals surface area contributed by atoms with E-state index in [1.165, 1.54) is 0 Å². The van der Waals surface area contributed by atoms with Crippen LogP contribution in [-0.4, -0.2) is 77.8 Å². The van der Waals surface area contributed by atoms with Crippen molar-refractivity contribution in [2.45, 2.75) is 76.5 Å². The molecule has 0 spiro atoms. The van der Waals surface area contributed by atoms with Gasteiger partial charge in [0.2, 0.25) is 17.7 Å². The summed E-state index contributed by atoms with van der Waals surface area (Å²) in [4.78, 5) is 53.6. The largest absolute Gasteiger partial charge is 0.480 e. The van der Waals surface area contributed by atoms with Crippen LogP contribution in [0.2, 0.25) is 0 Å². The minimum atomic E-state index is -1.19. The summed E-state index contributed by atoms with van der Waals surface area (Å²) >= 11 is 4.13. The Morgan fingerprint density at radius 3 is 1.97 bits per heavy atom. The topological polar surface area (TPSA) is 241 Å². The zero-order chi connectivity index (χ0) is 27.0. The molecule has 0 fully saturated rings. The van der Waals surface area contributed by atoms with Crippen LogP contribution in [0.1, 0.15) is 52.4 Å². The number of carboxylic acid groups (broad SMARTS) is 1. The van der Waals surface area contributed by atoms with Crippen LogP contribution in [0.3, 0.4) is 0 Å². The number of carbonyl (C=O) groups is 4. The van der Waals surface area contributed by atoms with Crippen molar-refractivity contribution in [2.75, 3.05) is 18.8 Å². The first-order chi connectivity index (χ1) is 16.5. The summed E-state index contributed by atoms with van der Waals surface area (Å²) in [6.45, 7) is 4.33. The second-order valence-corrected chi connectivity index (χ2v) is 8.71. The second-order valence-electron chi connectivity index (χ2n) is 8.35. The predicted octanol–water partition coefficient (Wildman–Crippen LogP) is -1.99. The van der Waals surface area contributed by atoms with Gasteiger partial charge in [0.05, 0.1) is 6.04 Å². The van der Waals surface area contributed by atoms with Crippen molar-refractivity contribution >= 4 is 42.3 Å². The number of hydrogen-bond donors (Lipinski definition) is 9. The molecular weight excluding hydrogens is 476 g/mol. The lowest BCUT2D eigenvalue weighted by atomic mass is 9.99. The van der Waals surface area contributed by atoms with Gasteiger partial charge in [-0.2, -0.15) is 12.6 Å². The van der Waals surface area contributed by atoms with Crippen molar-refractivity contribution in [1.82, 2.24) is 16.0 Å². The van der Waals surface area contributed by atoms with Crippen LogP contribution in [0.25, 0.3) is 0 Å². The van der Waals surface area contributed by atoms with Gasteiger partial charge >= 0.3 is 5.97 Å². The molecular formula is C21H42N8O5S. The summed E-state index contributed by atoms with van der Waals surface area (Å²) in [6, 6.07) is -4.08. The van der Waals surface area contributed by atoms with Crippen LogP contribution in [0, 0.1) is 5.92 Å². The van der Waals surface area contributed by atoms with E-state index in [1.807, 2.05) is 13.8 Å². The molecule has 5 unspecified atom stereocenters. The molecule has 0 aliphatic rings. The monoisotopic (exact) mass is 518 g/mol. The molecule has 0 saturated carbocycles. The molecule has 0 bridgehead atoms. The number of guanidine groups is 1. The van der Waals surface area contributed by atoms with E-state index in [1.54, 1.807) is 0 Å². The lowest BCUT2D eigenvalue weighted by molar-refractivity contribution is -0.142. The van der Waals surface area contributed by atoms with Gasteiger partial charge in [0.25, 0.3) is 0 Å². The van der Waals surface area contributed by atoms with Gasteiger partial charge in [-0.3, -0.25) is 19.4 Å². The molecule has 0 aromatic carbocycles. The molecule has 0 radical (unpaired) electrons. The fraction of sp³-hybridized carbons (Fsp3) is 0.762. The Kier molecular flexibility index (Phi) is 16.5. The van der Waals surface area contributed by atoms with Crippen LogP contribution in [-0.2, 0) is 19.2 Å². The number of carbonyl (C=O) groups excluding carboxylic acids is 3. The van der Waals surface area contributed by atoms with Gasteiger partial charge in [-0.1, -0.05) is 20.3 Å². The fourth-order valence-corrected chi connectivity index (χ4v) is 3.30. The number of rotatable bonds is 18. The summed E-state index contributed by atoms with van der Waals surface area (Å²) in [5, 5.41) is 17.0. The Morgan fingerprint density at radius 1 is 0.914 bits per heavy atom. The number of amides is 3. The first-order valence-electron chi connectivity index (χ1n) is 11.7. The lowest BCUT2D eigenvalue weighted by Gasteiger charge is -2.25. The van der Waals surface area contributed by atoms with Crippen LogP contribution in [0.4, 0.5) is 0 Å². The van der Waals surface area contributed by atoms with Crippen molar-refractivity contribution in [3.05, 3.63) is 0 Å². The van der Waals surface area contributed by atoms with Crippen LogP contribution in [0.15, 0.2) is 4.99 Å². The Labute approximate surface area is 212 Å². The minimum Gasteiger partial charge on any atom is -0.480 e. The zero-order valence-electron chi connectivity index (χ0n) is 20.5. The maximum absolute atomic E-state index is 12.9. The number of carboxylic acids is 1. The van der Waals surface area contributed by atoms with E-state index in [9.17, 15) is 24.3 Å². The molecule has 14 heteroatoms. The summed E-state index contributed by atoms with van der Waals surface area (Å²) < 4.78 is 0. The summed E-state index contributed by atoms with van der Waals surface area (Å²) in [5.41, 5.74) is 22.0. The highest BCUT2D eigenvalue weighted by Crippen LogP contribution is 2.07. The van der Waals surface area contributed by atoms with E-state index in [-0.39, 0.29) is 37.0 Å². The van der Waals surface area contributed by atoms with Crippen LogP contribution in [0.5, 0.6) is 0 Å². The maximum atomic E-state index is 12.9. The van der Waals surface area contributed by atoms with Gasteiger partial charge in [-0.15, -0.1) is 0 Å². The number of aliphatic imine (C=N–C) groups is 1.